The van der Waals surface area contributed by atoms with Crippen LogP contribution in [0.2, 0.25) is 0 Å². The Labute approximate surface area is 122 Å². The summed E-state index contributed by atoms with van der Waals surface area (Å²) in [5, 5.41) is 3.58. The zero-order valence-corrected chi connectivity index (χ0v) is 12.5. The number of carbonyl (C=O) groups excluding carboxylic acids is 1. The summed E-state index contributed by atoms with van der Waals surface area (Å²) in [6.07, 6.45) is 16.6. The molecule has 3 heteroatoms. The Balaban J connectivity index is 1.91. The highest BCUT2D eigenvalue weighted by Gasteiger charge is 2.41. The standard InChI is InChI=1S/C17H27NO2/c1-2-10-14-11-8-6-4-3-5-7-9-12-15-16(13-18-14)20-17(15)19/h3,5-6,8,14-16,18H,2,4,7,9-13H2,1H3/b5-3-,8-6-. The van der Waals surface area contributed by atoms with Crippen molar-refractivity contribution < 1.29 is 9.53 Å². The smallest absolute Gasteiger partial charge is 0.313 e. The molecule has 0 aromatic rings. The lowest BCUT2D eigenvalue weighted by Crippen LogP contribution is -2.51. The molecule has 0 radical (unpaired) electrons. The van der Waals surface area contributed by atoms with Crippen molar-refractivity contribution in [3.05, 3.63) is 24.3 Å². The molecule has 2 aliphatic rings. The Morgan fingerprint density at radius 3 is 2.95 bits per heavy atom. The van der Waals surface area contributed by atoms with Crippen LogP contribution in [0.5, 0.6) is 0 Å². The maximum atomic E-state index is 11.5. The van der Waals surface area contributed by atoms with Crippen LogP contribution in [0.4, 0.5) is 0 Å². The summed E-state index contributed by atoms with van der Waals surface area (Å²) in [6.45, 7) is 3.02. The van der Waals surface area contributed by atoms with Crippen molar-refractivity contribution in [3.8, 4) is 0 Å². The second-order valence-corrected chi connectivity index (χ2v) is 5.82. The summed E-state index contributed by atoms with van der Waals surface area (Å²) < 4.78 is 5.29. The second-order valence-electron chi connectivity index (χ2n) is 5.82. The molecule has 0 saturated carbocycles. The lowest BCUT2D eigenvalue weighted by molar-refractivity contribution is -0.184. The van der Waals surface area contributed by atoms with Gasteiger partial charge in [0.05, 0.1) is 5.92 Å². The SMILES string of the molecule is CCCC1C/C=C\C/C=C\CCCC2C(=O)OC2CN1. The van der Waals surface area contributed by atoms with Gasteiger partial charge >= 0.3 is 5.97 Å². The average Bonchev–Trinajstić information content (AvgIpc) is 2.44. The van der Waals surface area contributed by atoms with Crippen LogP contribution in [0, 0.1) is 5.92 Å². The molecule has 112 valence electrons. The van der Waals surface area contributed by atoms with Crippen molar-refractivity contribution in [2.24, 2.45) is 5.92 Å². The summed E-state index contributed by atoms with van der Waals surface area (Å²) in [7, 11) is 0. The lowest BCUT2D eigenvalue weighted by atomic mass is 9.90. The van der Waals surface area contributed by atoms with Crippen LogP contribution in [-0.2, 0) is 9.53 Å². The Bertz CT molecular complexity index is 362. The molecule has 2 rings (SSSR count). The van der Waals surface area contributed by atoms with Crippen LogP contribution in [0.15, 0.2) is 24.3 Å². The van der Waals surface area contributed by atoms with Gasteiger partial charge < -0.3 is 10.1 Å². The fraction of sp³-hybridized carbons (Fsp3) is 0.706. The van der Waals surface area contributed by atoms with Gasteiger partial charge in [-0.25, -0.2) is 0 Å². The largest absolute Gasteiger partial charge is 0.460 e. The van der Waals surface area contributed by atoms with Gasteiger partial charge in [-0.05, 0) is 38.5 Å². The molecule has 0 aliphatic carbocycles. The first-order chi connectivity index (χ1) is 9.81. The van der Waals surface area contributed by atoms with Crippen LogP contribution in [0.3, 0.4) is 0 Å². The van der Waals surface area contributed by atoms with Crippen molar-refractivity contribution in [2.75, 3.05) is 6.54 Å². The van der Waals surface area contributed by atoms with E-state index >= 15 is 0 Å². The fourth-order valence-electron chi connectivity index (χ4n) is 2.93. The normalized spacial score (nSPS) is 35.0. The predicted octanol–water partition coefficient (Wildman–Crippen LogP) is 3.36. The fourth-order valence-corrected chi connectivity index (χ4v) is 2.93. The zero-order valence-electron chi connectivity index (χ0n) is 12.5. The average molecular weight is 277 g/mol. The molecule has 2 aliphatic heterocycles. The predicted molar refractivity (Wildman–Crippen MR) is 81.4 cm³/mol. The van der Waals surface area contributed by atoms with Crippen LogP contribution in [-0.4, -0.2) is 24.7 Å². The summed E-state index contributed by atoms with van der Waals surface area (Å²) in [5.41, 5.74) is 0. The van der Waals surface area contributed by atoms with Crippen LogP contribution in [0.25, 0.3) is 0 Å². The van der Waals surface area contributed by atoms with Crippen molar-refractivity contribution in [1.29, 1.82) is 0 Å². The van der Waals surface area contributed by atoms with Crippen LogP contribution in [0.1, 0.15) is 51.9 Å². The topological polar surface area (TPSA) is 38.3 Å². The van der Waals surface area contributed by atoms with Gasteiger partial charge in [-0.15, -0.1) is 0 Å². The van der Waals surface area contributed by atoms with Gasteiger partial charge in [0, 0.05) is 12.6 Å². The minimum Gasteiger partial charge on any atom is -0.460 e. The molecular weight excluding hydrogens is 250 g/mol. The van der Waals surface area contributed by atoms with Crippen LogP contribution < -0.4 is 5.32 Å². The quantitative estimate of drug-likeness (QED) is 0.621. The van der Waals surface area contributed by atoms with Gasteiger partial charge in [-0.3, -0.25) is 4.79 Å². The third kappa shape index (κ3) is 4.48. The number of hydrogen-bond acceptors (Lipinski definition) is 3. The number of esters is 1. The van der Waals surface area contributed by atoms with E-state index in [0.29, 0.717) is 6.04 Å². The molecule has 1 fully saturated rings. The third-order valence-corrected chi connectivity index (χ3v) is 4.18. The van der Waals surface area contributed by atoms with Crippen LogP contribution >= 0.6 is 0 Å². The molecule has 0 aromatic carbocycles. The molecule has 3 atom stereocenters. The van der Waals surface area contributed by atoms with E-state index in [1.54, 1.807) is 0 Å². The molecule has 1 saturated heterocycles. The Morgan fingerprint density at radius 2 is 2.15 bits per heavy atom. The van der Waals surface area contributed by atoms with Gasteiger partial charge in [0.15, 0.2) is 0 Å². The first-order valence-electron chi connectivity index (χ1n) is 8.05. The number of rotatable bonds is 2. The van der Waals surface area contributed by atoms with Crippen molar-refractivity contribution in [1.82, 2.24) is 5.32 Å². The summed E-state index contributed by atoms with van der Waals surface area (Å²) in [6, 6.07) is 0.503. The molecule has 0 amide bonds. The minimum absolute atomic E-state index is 0.000175. The summed E-state index contributed by atoms with van der Waals surface area (Å²) >= 11 is 0. The highest BCUT2D eigenvalue weighted by molar-refractivity contribution is 5.78. The van der Waals surface area contributed by atoms with Gasteiger partial charge in [0.1, 0.15) is 6.10 Å². The summed E-state index contributed by atoms with van der Waals surface area (Å²) in [4.78, 5) is 11.5. The van der Waals surface area contributed by atoms with Crippen molar-refractivity contribution in [2.45, 2.75) is 64.0 Å². The van der Waals surface area contributed by atoms with Gasteiger partial charge in [-0.1, -0.05) is 37.6 Å². The van der Waals surface area contributed by atoms with E-state index in [2.05, 4.69) is 36.5 Å². The Morgan fingerprint density at radius 1 is 1.30 bits per heavy atom. The van der Waals surface area contributed by atoms with E-state index < -0.39 is 0 Å². The van der Waals surface area contributed by atoms with E-state index in [9.17, 15) is 4.79 Å². The van der Waals surface area contributed by atoms with Crippen molar-refractivity contribution in [3.63, 3.8) is 0 Å². The highest BCUT2D eigenvalue weighted by atomic mass is 16.6. The van der Waals surface area contributed by atoms with Gasteiger partial charge in [0.25, 0.3) is 0 Å². The first-order valence-corrected chi connectivity index (χ1v) is 8.05. The van der Waals surface area contributed by atoms with E-state index in [0.717, 1.165) is 38.6 Å². The third-order valence-electron chi connectivity index (χ3n) is 4.18. The molecule has 2 heterocycles. The van der Waals surface area contributed by atoms with E-state index in [1.807, 2.05) is 0 Å². The van der Waals surface area contributed by atoms with E-state index in [1.165, 1.54) is 12.8 Å². The molecular formula is C17H27NO2. The first kappa shape index (κ1) is 15.3. The number of hydrogen-bond donors (Lipinski definition) is 1. The summed E-state index contributed by atoms with van der Waals surface area (Å²) in [5.74, 6) is 0.122. The van der Waals surface area contributed by atoms with E-state index in [4.69, 9.17) is 4.74 Å². The van der Waals surface area contributed by atoms with E-state index in [-0.39, 0.29) is 18.0 Å². The molecule has 20 heavy (non-hydrogen) atoms. The number of fused-ring (bicyclic) bond motifs is 1. The molecule has 0 bridgehead atoms. The maximum Gasteiger partial charge on any atom is 0.313 e. The Hall–Kier alpha value is -1.09. The number of allylic oxidation sites excluding steroid dienone is 3. The molecule has 3 unspecified atom stereocenters. The molecule has 0 aromatic heterocycles. The number of carbonyl (C=O) groups is 1. The number of ether oxygens (including phenoxy) is 1. The number of nitrogens with one attached hydrogen (secondary N) is 1. The Kier molecular flexibility index (Phi) is 6.31. The van der Waals surface area contributed by atoms with Crippen molar-refractivity contribution >= 4 is 5.97 Å². The molecule has 0 spiro atoms. The highest BCUT2D eigenvalue weighted by Crippen LogP contribution is 2.27. The minimum atomic E-state index is -0.000175. The second kappa shape index (κ2) is 8.25. The van der Waals surface area contributed by atoms with Gasteiger partial charge in [-0.2, -0.15) is 0 Å². The van der Waals surface area contributed by atoms with Gasteiger partial charge in [0.2, 0.25) is 0 Å². The molecule has 1 N–H and O–H groups in total. The monoisotopic (exact) mass is 277 g/mol. The zero-order chi connectivity index (χ0) is 14.2. The maximum absolute atomic E-state index is 11.5. The lowest BCUT2D eigenvalue weighted by Gasteiger charge is -2.36. The molecule has 3 nitrogen and oxygen atoms in total.